The van der Waals surface area contributed by atoms with Gasteiger partial charge in [-0.1, -0.05) is 0 Å². The molecule has 0 fully saturated rings. The first-order chi connectivity index (χ1) is 4.81. The molecular weight excluding hydrogens is 198 g/mol. The van der Waals surface area contributed by atoms with Crippen molar-refractivity contribution in [2.45, 2.75) is 31.9 Å². The average molecular weight is 216 g/mol. The Morgan fingerprint density at radius 1 is 1.25 bits per heavy atom. The summed E-state index contributed by atoms with van der Waals surface area (Å²) < 4.78 is 22.1. The largest absolute Gasteiger partial charge is 0.330 e. The molecule has 0 bridgehead atoms. The van der Waals surface area contributed by atoms with E-state index in [0.29, 0.717) is 13.0 Å². The number of halogens is 1. The van der Waals surface area contributed by atoms with E-state index < -0.39 is 14.6 Å². The molecule has 0 unspecified atom stereocenters. The average Bonchev–Trinajstić information content (AvgIpc) is 1.81. The third-order valence-corrected chi connectivity index (χ3v) is 4.24. The molecule has 0 rings (SSSR count). The first-order valence-electron chi connectivity index (χ1n) is 3.73. The molecule has 2 N–H and O–H groups in total. The standard InChI is InChI=1S/C7H17NO2S.ClH/c1-7(2,3)11(9,10)6-4-5-8;/h4-6,8H2,1-3H3;1H. The van der Waals surface area contributed by atoms with Crippen molar-refractivity contribution >= 4 is 22.2 Å². The zero-order chi connectivity index (χ0) is 9.12. The predicted octanol–water partition coefficient (Wildman–Crippen LogP) is 0.970. The van der Waals surface area contributed by atoms with Crippen LogP contribution in [0.1, 0.15) is 27.2 Å². The molecule has 3 nitrogen and oxygen atoms in total. The Morgan fingerprint density at radius 3 is 1.92 bits per heavy atom. The van der Waals surface area contributed by atoms with Crippen LogP contribution in [0.3, 0.4) is 0 Å². The van der Waals surface area contributed by atoms with Crippen LogP contribution in [0.4, 0.5) is 0 Å². The van der Waals surface area contributed by atoms with Gasteiger partial charge in [-0.05, 0) is 33.7 Å². The van der Waals surface area contributed by atoms with E-state index in [1.54, 1.807) is 20.8 Å². The molecule has 5 heteroatoms. The van der Waals surface area contributed by atoms with Crippen molar-refractivity contribution in [2.24, 2.45) is 5.73 Å². The summed E-state index contributed by atoms with van der Waals surface area (Å²) in [6, 6.07) is 0. The molecular formula is C7H18ClNO2S. The van der Waals surface area contributed by atoms with E-state index in [-0.39, 0.29) is 18.2 Å². The Kier molecular flexibility index (Phi) is 6.18. The second-order valence-electron chi connectivity index (χ2n) is 3.57. The molecule has 0 heterocycles. The fraction of sp³-hybridized carbons (Fsp3) is 1.00. The highest BCUT2D eigenvalue weighted by Gasteiger charge is 2.27. The maximum Gasteiger partial charge on any atom is 0.155 e. The van der Waals surface area contributed by atoms with E-state index >= 15 is 0 Å². The third kappa shape index (κ3) is 4.28. The second-order valence-corrected chi connectivity index (χ2v) is 6.44. The van der Waals surface area contributed by atoms with Gasteiger partial charge < -0.3 is 5.73 Å². The van der Waals surface area contributed by atoms with Crippen molar-refractivity contribution in [3.63, 3.8) is 0 Å². The van der Waals surface area contributed by atoms with Gasteiger partial charge >= 0.3 is 0 Å². The predicted molar refractivity (Wildman–Crippen MR) is 54.5 cm³/mol. The minimum Gasteiger partial charge on any atom is -0.330 e. The quantitative estimate of drug-likeness (QED) is 0.764. The van der Waals surface area contributed by atoms with Crippen LogP contribution in [0, 0.1) is 0 Å². The summed E-state index contributed by atoms with van der Waals surface area (Å²) in [5, 5.41) is 0. The van der Waals surface area contributed by atoms with Crippen LogP contribution in [0.15, 0.2) is 0 Å². The fourth-order valence-corrected chi connectivity index (χ4v) is 1.74. The molecule has 0 aliphatic rings. The van der Waals surface area contributed by atoms with Crippen LogP contribution in [0.5, 0.6) is 0 Å². The molecule has 0 saturated heterocycles. The van der Waals surface area contributed by atoms with Crippen LogP contribution in [-0.4, -0.2) is 25.5 Å². The minimum absolute atomic E-state index is 0. The van der Waals surface area contributed by atoms with Crippen LogP contribution < -0.4 is 5.73 Å². The van der Waals surface area contributed by atoms with Gasteiger partial charge in [0.05, 0.1) is 10.5 Å². The topological polar surface area (TPSA) is 60.2 Å². The van der Waals surface area contributed by atoms with Crippen LogP contribution in [0.2, 0.25) is 0 Å². The summed E-state index contributed by atoms with van der Waals surface area (Å²) in [5.74, 6) is 0.201. The molecule has 0 aromatic rings. The summed E-state index contributed by atoms with van der Waals surface area (Å²) in [7, 11) is -2.94. The van der Waals surface area contributed by atoms with Gasteiger partial charge in [0.2, 0.25) is 0 Å². The maximum absolute atomic E-state index is 11.4. The van der Waals surface area contributed by atoms with Gasteiger partial charge in [0.25, 0.3) is 0 Å². The number of hydrogen-bond acceptors (Lipinski definition) is 3. The van der Waals surface area contributed by atoms with Crippen LogP contribution >= 0.6 is 12.4 Å². The third-order valence-electron chi connectivity index (χ3n) is 1.55. The molecule has 0 aromatic heterocycles. The second kappa shape index (κ2) is 5.04. The maximum atomic E-state index is 11.4. The Labute approximate surface area is 81.0 Å². The lowest BCUT2D eigenvalue weighted by molar-refractivity contribution is 0.558. The van der Waals surface area contributed by atoms with Gasteiger partial charge in [-0.25, -0.2) is 8.42 Å². The van der Waals surface area contributed by atoms with Gasteiger partial charge in [-0.15, -0.1) is 12.4 Å². The zero-order valence-corrected chi connectivity index (χ0v) is 9.46. The van der Waals surface area contributed by atoms with E-state index in [9.17, 15) is 8.42 Å². The molecule has 76 valence electrons. The van der Waals surface area contributed by atoms with Gasteiger partial charge in [-0.2, -0.15) is 0 Å². The van der Waals surface area contributed by atoms with Crippen molar-refractivity contribution in [3.05, 3.63) is 0 Å². The Morgan fingerprint density at radius 2 is 1.67 bits per heavy atom. The summed E-state index contributed by atoms with van der Waals surface area (Å²) in [6.07, 6.45) is 0.555. The van der Waals surface area contributed by atoms with Crippen molar-refractivity contribution in [1.29, 1.82) is 0 Å². The highest BCUT2D eigenvalue weighted by Crippen LogP contribution is 2.16. The fourth-order valence-electron chi connectivity index (χ4n) is 0.580. The lowest BCUT2D eigenvalue weighted by atomic mass is 10.3. The van der Waals surface area contributed by atoms with Crippen molar-refractivity contribution in [2.75, 3.05) is 12.3 Å². The normalized spacial score (nSPS) is 12.3. The van der Waals surface area contributed by atoms with Crippen molar-refractivity contribution < 1.29 is 8.42 Å². The number of hydrogen-bond donors (Lipinski definition) is 1. The summed E-state index contributed by atoms with van der Waals surface area (Å²) >= 11 is 0. The van der Waals surface area contributed by atoms with Crippen LogP contribution in [-0.2, 0) is 9.84 Å². The highest BCUT2D eigenvalue weighted by molar-refractivity contribution is 7.92. The number of sulfone groups is 1. The van der Waals surface area contributed by atoms with Gasteiger partial charge in [0.1, 0.15) is 0 Å². The van der Waals surface area contributed by atoms with Gasteiger partial charge in [0, 0.05) is 0 Å². The Bertz CT molecular complexity index is 206. The first kappa shape index (κ1) is 14.7. The number of rotatable bonds is 3. The van der Waals surface area contributed by atoms with E-state index in [1.807, 2.05) is 0 Å². The lowest BCUT2D eigenvalue weighted by Crippen LogP contribution is -2.31. The van der Waals surface area contributed by atoms with Gasteiger partial charge in [0.15, 0.2) is 9.84 Å². The smallest absolute Gasteiger partial charge is 0.155 e. The van der Waals surface area contributed by atoms with E-state index in [0.717, 1.165) is 0 Å². The molecule has 0 amide bonds. The summed E-state index contributed by atoms with van der Waals surface area (Å²) in [6.45, 7) is 5.56. The Balaban J connectivity index is 0. The molecule has 0 atom stereocenters. The summed E-state index contributed by atoms with van der Waals surface area (Å²) in [4.78, 5) is 0. The SMILES string of the molecule is CC(C)(C)S(=O)(=O)CCCN.Cl. The molecule has 0 aliphatic carbocycles. The van der Waals surface area contributed by atoms with Crippen molar-refractivity contribution in [3.8, 4) is 0 Å². The summed E-state index contributed by atoms with van der Waals surface area (Å²) in [5.41, 5.74) is 5.21. The molecule has 12 heavy (non-hydrogen) atoms. The highest BCUT2D eigenvalue weighted by atomic mass is 35.5. The van der Waals surface area contributed by atoms with Crippen LogP contribution in [0.25, 0.3) is 0 Å². The molecule has 0 saturated carbocycles. The first-order valence-corrected chi connectivity index (χ1v) is 5.39. The lowest BCUT2D eigenvalue weighted by Gasteiger charge is -2.18. The van der Waals surface area contributed by atoms with Gasteiger partial charge in [-0.3, -0.25) is 0 Å². The Hall–Kier alpha value is 0.200. The van der Waals surface area contributed by atoms with E-state index in [2.05, 4.69) is 0 Å². The van der Waals surface area contributed by atoms with E-state index in [1.165, 1.54) is 0 Å². The molecule has 0 aromatic carbocycles. The molecule has 0 radical (unpaired) electrons. The van der Waals surface area contributed by atoms with Crippen molar-refractivity contribution in [1.82, 2.24) is 0 Å². The molecule has 0 aliphatic heterocycles. The van der Waals surface area contributed by atoms with E-state index in [4.69, 9.17) is 5.73 Å². The number of nitrogens with two attached hydrogens (primary N) is 1. The molecule has 0 spiro atoms. The monoisotopic (exact) mass is 215 g/mol. The zero-order valence-electron chi connectivity index (χ0n) is 7.83. The minimum atomic E-state index is -2.94.